The number of pyridine rings is 1. The van der Waals surface area contributed by atoms with Gasteiger partial charge in [-0.05, 0) is 11.6 Å². The van der Waals surface area contributed by atoms with Crippen molar-refractivity contribution in [2.75, 3.05) is 0 Å². The second-order valence-corrected chi connectivity index (χ2v) is 3.18. The lowest BCUT2D eigenvalue weighted by Crippen LogP contribution is -2.07. The van der Waals surface area contributed by atoms with Crippen LogP contribution in [-0.4, -0.2) is 15.1 Å². The van der Waals surface area contributed by atoms with Gasteiger partial charge in [-0.15, -0.1) is 0 Å². The fraction of sp³-hybridized carbons (Fsp3) is 0.222. The first-order chi connectivity index (χ1) is 8.00. The molecule has 0 fully saturated rings. The van der Waals surface area contributed by atoms with E-state index in [2.05, 4.69) is 19.6 Å². The van der Waals surface area contributed by atoms with Crippen LogP contribution in [0.25, 0.3) is 11.6 Å². The van der Waals surface area contributed by atoms with Crippen molar-refractivity contribution in [2.24, 2.45) is 5.73 Å². The van der Waals surface area contributed by atoms with E-state index in [-0.39, 0.29) is 11.6 Å². The molecule has 0 aromatic carbocycles. The van der Waals surface area contributed by atoms with Gasteiger partial charge in [0.05, 0.1) is 0 Å². The quantitative estimate of drug-likeness (QED) is 0.868. The summed E-state index contributed by atoms with van der Waals surface area (Å²) in [6, 6.07) is 3.09. The highest BCUT2D eigenvalue weighted by Gasteiger charge is 2.37. The van der Waals surface area contributed by atoms with Crippen LogP contribution in [0.4, 0.5) is 13.2 Å². The zero-order valence-electron chi connectivity index (χ0n) is 8.40. The number of halogens is 3. The number of hydrogen-bond acceptors (Lipinski definition) is 5. The third-order valence-electron chi connectivity index (χ3n) is 1.96. The Morgan fingerprint density at radius 2 is 2.06 bits per heavy atom. The van der Waals surface area contributed by atoms with Gasteiger partial charge in [0.2, 0.25) is 0 Å². The lowest BCUT2D eigenvalue weighted by Gasteiger charge is -1.97. The van der Waals surface area contributed by atoms with Crippen molar-refractivity contribution in [3.63, 3.8) is 0 Å². The smallest absolute Gasteiger partial charge is 0.332 e. The summed E-state index contributed by atoms with van der Waals surface area (Å²) in [6.45, 7) is 0.297. The molecule has 2 rings (SSSR count). The molecule has 2 heterocycles. The third-order valence-corrected chi connectivity index (χ3v) is 1.96. The molecule has 2 N–H and O–H groups in total. The van der Waals surface area contributed by atoms with E-state index in [4.69, 9.17) is 5.73 Å². The van der Waals surface area contributed by atoms with Crippen LogP contribution < -0.4 is 5.73 Å². The van der Waals surface area contributed by atoms with Crippen molar-refractivity contribution in [1.29, 1.82) is 0 Å². The number of alkyl halides is 3. The summed E-state index contributed by atoms with van der Waals surface area (Å²) in [7, 11) is 0. The minimum Gasteiger partial charge on any atom is -0.332 e. The first-order valence-electron chi connectivity index (χ1n) is 4.57. The van der Waals surface area contributed by atoms with Gasteiger partial charge in [-0.3, -0.25) is 4.98 Å². The van der Waals surface area contributed by atoms with E-state index >= 15 is 0 Å². The molecule has 0 bridgehead atoms. The summed E-state index contributed by atoms with van der Waals surface area (Å²) in [5.41, 5.74) is 6.29. The Morgan fingerprint density at radius 3 is 2.53 bits per heavy atom. The summed E-state index contributed by atoms with van der Waals surface area (Å²) >= 11 is 0. The first-order valence-corrected chi connectivity index (χ1v) is 4.57. The van der Waals surface area contributed by atoms with Crippen LogP contribution in [0.15, 0.2) is 22.9 Å². The maximum atomic E-state index is 12.2. The fourth-order valence-corrected chi connectivity index (χ4v) is 1.11. The second kappa shape index (κ2) is 4.13. The number of nitrogens with two attached hydrogens (primary N) is 1. The second-order valence-electron chi connectivity index (χ2n) is 3.18. The maximum Gasteiger partial charge on any atom is 0.455 e. The van der Waals surface area contributed by atoms with Gasteiger partial charge in [0, 0.05) is 12.7 Å². The summed E-state index contributed by atoms with van der Waals surface area (Å²) in [5, 5.41) is 2.83. The van der Waals surface area contributed by atoms with Gasteiger partial charge >= 0.3 is 6.18 Å². The first kappa shape index (κ1) is 11.5. The SMILES string of the molecule is NCc1ccc(-c2nc(C(F)(F)F)no2)nc1. The van der Waals surface area contributed by atoms with Crippen molar-refractivity contribution in [1.82, 2.24) is 15.1 Å². The van der Waals surface area contributed by atoms with Crippen molar-refractivity contribution in [2.45, 2.75) is 12.7 Å². The van der Waals surface area contributed by atoms with Gasteiger partial charge in [-0.1, -0.05) is 11.2 Å². The van der Waals surface area contributed by atoms with E-state index in [1.807, 2.05) is 0 Å². The lowest BCUT2D eigenvalue weighted by atomic mass is 10.2. The monoisotopic (exact) mass is 244 g/mol. The number of hydrogen-bond donors (Lipinski definition) is 1. The van der Waals surface area contributed by atoms with E-state index in [0.29, 0.717) is 6.54 Å². The highest BCUT2D eigenvalue weighted by molar-refractivity contribution is 5.46. The molecule has 2 aromatic heterocycles. The van der Waals surface area contributed by atoms with Crippen molar-refractivity contribution < 1.29 is 17.7 Å². The Hall–Kier alpha value is -1.96. The Balaban J connectivity index is 2.30. The lowest BCUT2D eigenvalue weighted by molar-refractivity contribution is -0.146. The highest BCUT2D eigenvalue weighted by Crippen LogP contribution is 2.28. The standard InChI is InChI=1S/C9H7F3N4O/c10-9(11,12)8-15-7(17-16-8)6-2-1-5(3-13)4-14-6/h1-2,4H,3,13H2. The summed E-state index contributed by atoms with van der Waals surface area (Å²) in [6.07, 6.45) is -3.19. The van der Waals surface area contributed by atoms with Crippen LogP contribution in [0.5, 0.6) is 0 Å². The molecule has 0 atom stereocenters. The van der Waals surface area contributed by atoms with Crippen LogP contribution in [-0.2, 0) is 12.7 Å². The van der Waals surface area contributed by atoms with E-state index in [1.165, 1.54) is 12.3 Å². The molecular formula is C9H7F3N4O. The van der Waals surface area contributed by atoms with Crippen LogP contribution in [0.1, 0.15) is 11.4 Å². The largest absolute Gasteiger partial charge is 0.455 e. The highest BCUT2D eigenvalue weighted by atomic mass is 19.4. The topological polar surface area (TPSA) is 77.8 Å². The maximum absolute atomic E-state index is 12.2. The van der Waals surface area contributed by atoms with Crippen LogP contribution in [0.3, 0.4) is 0 Å². The molecule has 17 heavy (non-hydrogen) atoms. The predicted molar refractivity (Wildman–Crippen MR) is 50.4 cm³/mol. The van der Waals surface area contributed by atoms with Crippen LogP contribution >= 0.6 is 0 Å². The van der Waals surface area contributed by atoms with Crippen molar-refractivity contribution >= 4 is 0 Å². The molecule has 0 amide bonds. The molecule has 0 radical (unpaired) electrons. The molecule has 2 aromatic rings. The normalized spacial score (nSPS) is 11.8. The van der Waals surface area contributed by atoms with Gasteiger partial charge in [-0.2, -0.15) is 18.2 Å². The molecule has 0 saturated carbocycles. The summed E-state index contributed by atoms with van der Waals surface area (Å²) in [5.74, 6) is -1.60. The third kappa shape index (κ3) is 2.41. The predicted octanol–water partition coefficient (Wildman–Crippen LogP) is 1.61. The van der Waals surface area contributed by atoms with Gasteiger partial charge in [0.25, 0.3) is 11.7 Å². The Kier molecular flexibility index (Phi) is 2.80. The average Bonchev–Trinajstić information content (AvgIpc) is 2.78. The molecule has 0 spiro atoms. The van der Waals surface area contributed by atoms with Gasteiger partial charge in [-0.25, -0.2) is 0 Å². The Bertz CT molecular complexity index is 506. The van der Waals surface area contributed by atoms with E-state index in [9.17, 15) is 13.2 Å². The Morgan fingerprint density at radius 1 is 1.29 bits per heavy atom. The molecule has 0 aliphatic rings. The molecule has 0 saturated heterocycles. The average molecular weight is 244 g/mol. The van der Waals surface area contributed by atoms with Gasteiger partial charge in [0.1, 0.15) is 5.69 Å². The zero-order chi connectivity index (χ0) is 12.5. The molecule has 8 heteroatoms. The van der Waals surface area contributed by atoms with Gasteiger partial charge < -0.3 is 10.3 Å². The minimum absolute atomic E-state index is 0.171. The fourth-order valence-electron chi connectivity index (χ4n) is 1.11. The van der Waals surface area contributed by atoms with E-state index in [0.717, 1.165) is 5.56 Å². The van der Waals surface area contributed by atoms with Crippen molar-refractivity contribution in [3.8, 4) is 11.6 Å². The molecule has 5 nitrogen and oxygen atoms in total. The number of aromatic nitrogens is 3. The molecule has 0 aliphatic heterocycles. The number of rotatable bonds is 2. The molecular weight excluding hydrogens is 237 g/mol. The van der Waals surface area contributed by atoms with E-state index < -0.39 is 12.0 Å². The summed E-state index contributed by atoms with van der Waals surface area (Å²) in [4.78, 5) is 7.08. The summed E-state index contributed by atoms with van der Waals surface area (Å²) < 4.78 is 41.1. The number of nitrogens with zero attached hydrogens (tertiary/aromatic N) is 3. The zero-order valence-corrected chi connectivity index (χ0v) is 8.40. The van der Waals surface area contributed by atoms with E-state index in [1.54, 1.807) is 6.07 Å². The molecule has 0 unspecified atom stereocenters. The van der Waals surface area contributed by atoms with Crippen molar-refractivity contribution in [3.05, 3.63) is 29.7 Å². The van der Waals surface area contributed by atoms with Gasteiger partial charge in [0.15, 0.2) is 0 Å². The van der Waals surface area contributed by atoms with Crippen LogP contribution in [0, 0.1) is 0 Å². The molecule has 90 valence electrons. The molecule has 0 aliphatic carbocycles. The Labute approximate surface area is 93.5 Å². The minimum atomic E-state index is -4.63. The van der Waals surface area contributed by atoms with Crippen LogP contribution in [0.2, 0.25) is 0 Å².